The maximum atomic E-state index is 12.4. The largest absolute Gasteiger partial charge is 0.495 e. The van der Waals surface area contributed by atoms with Gasteiger partial charge in [0.15, 0.2) is 0 Å². The summed E-state index contributed by atoms with van der Waals surface area (Å²) in [5.74, 6) is 0.181. The van der Waals surface area contributed by atoms with Crippen molar-refractivity contribution in [3.63, 3.8) is 0 Å². The molecule has 1 atom stereocenters. The van der Waals surface area contributed by atoms with E-state index in [0.717, 1.165) is 0 Å². The highest BCUT2D eigenvalue weighted by Crippen LogP contribution is 2.36. The van der Waals surface area contributed by atoms with Gasteiger partial charge in [-0.15, -0.1) is 0 Å². The molecule has 122 valence electrons. The summed E-state index contributed by atoms with van der Waals surface area (Å²) in [5.41, 5.74) is 0.411. The van der Waals surface area contributed by atoms with Crippen molar-refractivity contribution < 1.29 is 19.1 Å². The van der Waals surface area contributed by atoms with Crippen LogP contribution in [0.2, 0.25) is 5.02 Å². The lowest BCUT2D eigenvalue weighted by atomic mass is 10.0. The zero-order valence-corrected chi connectivity index (χ0v) is 14.1. The SMILES string of the molecule is COc1cc(OC)c(NC(=O)C(NC(C)=O)C(C)C)cc1Cl. The van der Waals surface area contributed by atoms with Crippen LogP contribution in [-0.2, 0) is 9.59 Å². The monoisotopic (exact) mass is 328 g/mol. The summed E-state index contributed by atoms with van der Waals surface area (Å²) in [6, 6.07) is 2.48. The van der Waals surface area contributed by atoms with E-state index < -0.39 is 6.04 Å². The van der Waals surface area contributed by atoms with Crippen molar-refractivity contribution >= 4 is 29.1 Å². The van der Waals surface area contributed by atoms with Gasteiger partial charge in [0.05, 0.1) is 24.9 Å². The van der Waals surface area contributed by atoms with Gasteiger partial charge < -0.3 is 20.1 Å². The van der Waals surface area contributed by atoms with E-state index in [2.05, 4.69) is 10.6 Å². The third kappa shape index (κ3) is 4.53. The Morgan fingerprint density at radius 2 is 1.73 bits per heavy atom. The lowest BCUT2D eigenvalue weighted by molar-refractivity contribution is -0.126. The number of amides is 2. The van der Waals surface area contributed by atoms with Crippen molar-refractivity contribution in [1.82, 2.24) is 5.32 Å². The molecule has 0 bridgehead atoms. The zero-order valence-electron chi connectivity index (χ0n) is 13.3. The molecule has 0 aliphatic carbocycles. The van der Waals surface area contributed by atoms with Crippen LogP contribution in [0.1, 0.15) is 20.8 Å². The molecular formula is C15H21ClN2O4. The number of rotatable bonds is 6. The van der Waals surface area contributed by atoms with Gasteiger partial charge in [-0.05, 0) is 12.0 Å². The number of carbonyl (C=O) groups is 2. The van der Waals surface area contributed by atoms with Gasteiger partial charge in [0.25, 0.3) is 0 Å². The summed E-state index contributed by atoms with van der Waals surface area (Å²) >= 11 is 6.07. The molecule has 22 heavy (non-hydrogen) atoms. The molecule has 1 aromatic carbocycles. The van der Waals surface area contributed by atoms with Gasteiger partial charge in [-0.2, -0.15) is 0 Å². The second-order valence-corrected chi connectivity index (χ2v) is 5.51. The second kappa shape index (κ2) is 7.89. The predicted molar refractivity (Wildman–Crippen MR) is 85.6 cm³/mol. The first kappa shape index (κ1) is 18.1. The lowest BCUT2D eigenvalue weighted by Gasteiger charge is -2.22. The van der Waals surface area contributed by atoms with Gasteiger partial charge in [-0.25, -0.2) is 0 Å². The Hall–Kier alpha value is -1.95. The van der Waals surface area contributed by atoms with Gasteiger partial charge >= 0.3 is 0 Å². The van der Waals surface area contributed by atoms with Gasteiger partial charge in [0, 0.05) is 13.0 Å². The summed E-state index contributed by atoms with van der Waals surface area (Å²) in [5, 5.41) is 5.69. The van der Waals surface area contributed by atoms with Gasteiger partial charge in [-0.1, -0.05) is 25.4 Å². The Morgan fingerprint density at radius 1 is 1.14 bits per heavy atom. The molecule has 0 saturated carbocycles. The quantitative estimate of drug-likeness (QED) is 0.841. The predicted octanol–water partition coefficient (Wildman–Crippen LogP) is 2.46. The fraction of sp³-hybridized carbons (Fsp3) is 0.467. The molecule has 0 aliphatic heterocycles. The molecule has 1 unspecified atom stereocenters. The van der Waals surface area contributed by atoms with Crippen molar-refractivity contribution in [3.05, 3.63) is 17.2 Å². The first-order chi connectivity index (χ1) is 10.3. The van der Waals surface area contributed by atoms with Crippen LogP contribution >= 0.6 is 11.6 Å². The average Bonchev–Trinajstić information content (AvgIpc) is 2.44. The minimum atomic E-state index is -0.650. The molecule has 0 spiro atoms. The van der Waals surface area contributed by atoms with Crippen LogP contribution in [0.3, 0.4) is 0 Å². The zero-order chi connectivity index (χ0) is 16.9. The first-order valence-corrected chi connectivity index (χ1v) is 7.17. The second-order valence-electron chi connectivity index (χ2n) is 5.10. The number of ether oxygens (including phenoxy) is 2. The summed E-state index contributed by atoms with van der Waals surface area (Å²) in [7, 11) is 2.97. The third-order valence-electron chi connectivity index (χ3n) is 3.04. The molecule has 0 heterocycles. The number of benzene rings is 1. The highest BCUT2D eigenvalue weighted by atomic mass is 35.5. The fourth-order valence-corrected chi connectivity index (χ4v) is 2.16. The molecular weight excluding hydrogens is 308 g/mol. The van der Waals surface area contributed by atoms with Crippen molar-refractivity contribution in [2.24, 2.45) is 5.92 Å². The van der Waals surface area contributed by atoms with Crippen LogP contribution in [0.5, 0.6) is 11.5 Å². The summed E-state index contributed by atoms with van der Waals surface area (Å²) < 4.78 is 10.3. The van der Waals surface area contributed by atoms with Crippen molar-refractivity contribution in [2.75, 3.05) is 19.5 Å². The van der Waals surface area contributed by atoms with Crippen LogP contribution in [0.4, 0.5) is 5.69 Å². The van der Waals surface area contributed by atoms with Crippen LogP contribution in [0.25, 0.3) is 0 Å². The van der Waals surface area contributed by atoms with Gasteiger partial charge in [0.2, 0.25) is 11.8 Å². The van der Waals surface area contributed by atoms with E-state index in [1.807, 2.05) is 13.8 Å². The van der Waals surface area contributed by atoms with Crippen LogP contribution in [0.15, 0.2) is 12.1 Å². The molecule has 1 rings (SSSR count). The highest BCUT2D eigenvalue weighted by Gasteiger charge is 2.24. The minimum Gasteiger partial charge on any atom is -0.495 e. The fourth-order valence-electron chi connectivity index (χ4n) is 1.92. The van der Waals surface area contributed by atoms with Gasteiger partial charge in [-0.3, -0.25) is 9.59 Å². The smallest absolute Gasteiger partial charge is 0.247 e. The number of hydrogen-bond acceptors (Lipinski definition) is 4. The molecule has 0 radical (unpaired) electrons. The van der Waals surface area contributed by atoms with E-state index >= 15 is 0 Å². The first-order valence-electron chi connectivity index (χ1n) is 6.79. The number of methoxy groups -OCH3 is 2. The number of nitrogens with one attached hydrogen (secondary N) is 2. The molecule has 0 saturated heterocycles. The molecule has 7 heteroatoms. The molecule has 2 N–H and O–H groups in total. The Kier molecular flexibility index (Phi) is 6.49. The molecule has 0 fully saturated rings. The maximum absolute atomic E-state index is 12.4. The summed E-state index contributed by atoms with van der Waals surface area (Å²) in [4.78, 5) is 23.6. The Morgan fingerprint density at radius 3 is 2.18 bits per heavy atom. The van der Waals surface area contributed by atoms with E-state index in [0.29, 0.717) is 22.2 Å². The summed E-state index contributed by atoms with van der Waals surface area (Å²) in [6.45, 7) is 5.06. The van der Waals surface area contributed by atoms with Crippen molar-refractivity contribution in [1.29, 1.82) is 0 Å². The van der Waals surface area contributed by atoms with Crippen molar-refractivity contribution in [2.45, 2.75) is 26.8 Å². The number of halogens is 1. The minimum absolute atomic E-state index is 0.0661. The molecule has 0 aromatic heterocycles. The van der Waals surface area contributed by atoms with Crippen LogP contribution in [0, 0.1) is 5.92 Å². The molecule has 0 aliphatic rings. The van der Waals surface area contributed by atoms with Crippen molar-refractivity contribution in [3.8, 4) is 11.5 Å². The van der Waals surface area contributed by atoms with E-state index in [1.54, 1.807) is 12.1 Å². The highest BCUT2D eigenvalue weighted by molar-refractivity contribution is 6.32. The van der Waals surface area contributed by atoms with Crippen LogP contribution < -0.4 is 20.1 Å². The van der Waals surface area contributed by atoms with E-state index in [4.69, 9.17) is 21.1 Å². The molecule has 2 amide bonds. The van der Waals surface area contributed by atoms with E-state index in [9.17, 15) is 9.59 Å². The number of carbonyl (C=O) groups excluding carboxylic acids is 2. The maximum Gasteiger partial charge on any atom is 0.247 e. The Balaban J connectivity index is 3.04. The lowest BCUT2D eigenvalue weighted by Crippen LogP contribution is -2.46. The van der Waals surface area contributed by atoms with E-state index in [-0.39, 0.29) is 17.7 Å². The number of anilines is 1. The molecule has 1 aromatic rings. The molecule has 6 nitrogen and oxygen atoms in total. The summed E-state index contributed by atoms with van der Waals surface area (Å²) in [6.07, 6.45) is 0. The van der Waals surface area contributed by atoms with E-state index in [1.165, 1.54) is 21.1 Å². The Bertz CT molecular complexity index is 561. The number of hydrogen-bond donors (Lipinski definition) is 2. The van der Waals surface area contributed by atoms with Gasteiger partial charge in [0.1, 0.15) is 17.5 Å². The van der Waals surface area contributed by atoms with Crippen LogP contribution in [-0.4, -0.2) is 32.1 Å². The average molecular weight is 329 g/mol. The Labute approximate surface area is 135 Å². The third-order valence-corrected chi connectivity index (χ3v) is 3.34. The normalized spacial score (nSPS) is 11.8. The topological polar surface area (TPSA) is 76.7 Å². The standard InChI is InChI=1S/C15H21ClN2O4/c1-8(2)14(17-9(3)19)15(20)18-11-6-10(16)12(21-4)7-13(11)22-5/h6-8,14H,1-5H3,(H,17,19)(H,18,20).